The van der Waals surface area contributed by atoms with Crippen molar-refractivity contribution in [3.05, 3.63) is 29.8 Å². The van der Waals surface area contributed by atoms with E-state index in [1.807, 2.05) is 24.3 Å². The van der Waals surface area contributed by atoms with Crippen molar-refractivity contribution in [3.8, 4) is 0 Å². The lowest BCUT2D eigenvalue weighted by Gasteiger charge is -2.35. The monoisotopic (exact) mass is 441 g/mol. The van der Waals surface area contributed by atoms with E-state index < -0.39 is 12.8 Å². The van der Waals surface area contributed by atoms with Crippen LogP contribution >= 0.6 is 0 Å². The van der Waals surface area contributed by atoms with Crippen molar-refractivity contribution in [1.29, 1.82) is 0 Å². The Balaban J connectivity index is 1.41. The van der Waals surface area contributed by atoms with Gasteiger partial charge >= 0.3 is 6.18 Å². The van der Waals surface area contributed by atoms with Crippen LogP contribution in [-0.2, 0) is 20.7 Å². The average molecular weight is 441 g/mol. The van der Waals surface area contributed by atoms with E-state index in [2.05, 4.69) is 16.6 Å². The fourth-order valence-corrected chi connectivity index (χ4v) is 4.06. The number of carbonyl (C=O) groups excluding carboxylic acids is 2. The minimum Gasteiger partial charge on any atom is -0.372 e. The molecule has 0 radical (unpaired) electrons. The molecule has 2 aliphatic heterocycles. The maximum Gasteiger partial charge on any atom is 0.411 e. The molecule has 0 bridgehead atoms. The Labute approximate surface area is 180 Å². The highest BCUT2D eigenvalue weighted by Crippen LogP contribution is 2.27. The summed E-state index contributed by atoms with van der Waals surface area (Å²) in [5.74, 6) is -0.352. The van der Waals surface area contributed by atoms with E-state index >= 15 is 0 Å². The third-order valence-electron chi connectivity index (χ3n) is 5.84. The molecule has 0 saturated carbocycles. The molecule has 2 heterocycles. The maximum absolute atomic E-state index is 12.9. The summed E-state index contributed by atoms with van der Waals surface area (Å²) in [5, 5.41) is 0. The van der Waals surface area contributed by atoms with E-state index in [1.54, 1.807) is 9.80 Å². The van der Waals surface area contributed by atoms with Crippen LogP contribution in [0.15, 0.2) is 24.3 Å². The van der Waals surface area contributed by atoms with Crippen LogP contribution in [0.5, 0.6) is 0 Å². The van der Waals surface area contributed by atoms with E-state index in [-0.39, 0.29) is 30.8 Å². The minimum absolute atomic E-state index is 0.00851. The molecule has 9 heteroatoms. The van der Waals surface area contributed by atoms with Crippen LogP contribution in [0.1, 0.15) is 25.3 Å². The van der Waals surface area contributed by atoms with Crippen molar-refractivity contribution in [1.82, 2.24) is 9.80 Å². The van der Waals surface area contributed by atoms with Gasteiger partial charge in [-0.1, -0.05) is 19.1 Å². The van der Waals surface area contributed by atoms with Gasteiger partial charge in [0.15, 0.2) is 0 Å². The number of piperazine rings is 1. The van der Waals surface area contributed by atoms with Crippen LogP contribution in [0.2, 0.25) is 0 Å². The molecule has 1 aromatic carbocycles. The molecule has 0 N–H and O–H groups in total. The average Bonchev–Trinajstić information content (AvgIpc) is 3.14. The number of benzene rings is 1. The highest BCUT2D eigenvalue weighted by Gasteiger charge is 2.37. The van der Waals surface area contributed by atoms with Gasteiger partial charge in [-0.2, -0.15) is 13.2 Å². The summed E-state index contributed by atoms with van der Waals surface area (Å²) in [7, 11) is 0. The first-order valence-corrected chi connectivity index (χ1v) is 10.8. The second-order valence-electron chi connectivity index (χ2n) is 8.11. The van der Waals surface area contributed by atoms with Gasteiger partial charge in [-0.15, -0.1) is 0 Å². The van der Waals surface area contributed by atoms with Gasteiger partial charge in [0.1, 0.15) is 6.61 Å². The van der Waals surface area contributed by atoms with Crippen molar-refractivity contribution < 1.29 is 27.5 Å². The first kappa shape index (κ1) is 23.5. The van der Waals surface area contributed by atoms with Crippen molar-refractivity contribution >= 4 is 17.5 Å². The molecular formula is C22H30F3N3O3. The number of ether oxygens (including phenoxy) is 1. The van der Waals surface area contributed by atoms with Gasteiger partial charge in [0.25, 0.3) is 0 Å². The van der Waals surface area contributed by atoms with Gasteiger partial charge in [-0.3, -0.25) is 14.5 Å². The fourth-order valence-electron chi connectivity index (χ4n) is 4.06. The zero-order valence-electron chi connectivity index (χ0n) is 17.9. The van der Waals surface area contributed by atoms with Gasteiger partial charge < -0.3 is 14.5 Å². The summed E-state index contributed by atoms with van der Waals surface area (Å²) in [5.41, 5.74) is 2.03. The van der Waals surface area contributed by atoms with Crippen LogP contribution in [0.25, 0.3) is 0 Å². The zero-order chi connectivity index (χ0) is 22.4. The third-order valence-corrected chi connectivity index (χ3v) is 5.84. The van der Waals surface area contributed by atoms with E-state index in [0.717, 1.165) is 12.1 Å². The molecule has 2 aliphatic rings. The maximum atomic E-state index is 12.9. The van der Waals surface area contributed by atoms with Crippen molar-refractivity contribution in [2.75, 3.05) is 57.4 Å². The number of nitrogens with zero attached hydrogens (tertiary/aromatic N) is 3. The lowest BCUT2D eigenvalue weighted by Crippen LogP contribution is -2.50. The Morgan fingerprint density at radius 1 is 1.13 bits per heavy atom. The molecule has 6 nitrogen and oxygen atoms in total. The Hall–Kier alpha value is -2.13. The van der Waals surface area contributed by atoms with Crippen molar-refractivity contribution in [2.45, 2.75) is 32.4 Å². The molecule has 1 atom stereocenters. The van der Waals surface area contributed by atoms with E-state index in [1.165, 1.54) is 5.56 Å². The van der Waals surface area contributed by atoms with Gasteiger partial charge in [0, 0.05) is 58.0 Å². The third kappa shape index (κ3) is 6.67. The number of amides is 2. The number of rotatable bonds is 8. The summed E-state index contributed by atoms with van der Waals surface area (Å²) < 4.78 is 40.8. The van der Waals surface area contributed by atoms with Crippen LogP contribution in [0.3, 0.4) is 0 Å². The Morgan fingerprint density at radius 2 is 1.81 bits per heavy atom. The highest BCUT2D eigenvalue weighted by atomic mass is 19.4. The van der Waals surface area contributed by atoms with E-state index in [0.29, 0.717) is 45.7 Å². The summed E-state index contributed by atoms with van der Waals surface area (Å²) >= 11 is 0. The Kier molecular flexibility index (Phi) is 7.94. The van der Waals surface area contributed by atoms with E-state index in [9.17, 15) is 22.8 Å². The van der Waals surface area contributed by atoms with Crippen LogP contribution in [-0.4, -0.2) is 80.3 Å². The van der Waals surface area contributed by atoms with Crippen LogP contribution in [0.4, 0.5) is 18.9 Å². The summed E-state index contributed by atoms with van der Waals surface area (Å²) in [4.78, 5) is 31.0. The number of hydrogen-bond donors (Lipinski definition) is 0. The molecule has 172 valence electrons. The molecule has 2 amide bonds. The number of carbonyl (C=O) groups is 2. The fraction of sp³-hybridized carbons (Fsp3) is 0.636. The predicted octanol–water partition coefficient (Wildman–Crippen LogP) is 2.72. The molecule has 1 aromatic rings. The zero-order valence-corrected chi connectivity index (χ0v) is 17.9. The second kappa shape index (κ2) is 10.5. The molecule has 3 rings (SSSR count). The molecule has 2 fully saturated rings. The molecule has 0 spiro atoms. The summed E-state index contributed by atoms with van der Waals surface area (Å²) in [6.45, 7) is 4.46. The predicted molar refractivity (Wildman–Crippen MR) is 111 cm³/mol. The first-order chi connectivity index (χ1) is 14.8. The molecule has 0 aliphatic carbocycles. The summed E-state index contributed by atoms with van der Waals surface area (Å²) in [6, 6.07) is 7.87. The topological polar surface area (TPSA) is 53.1 Å². The van der Waals surface area contributed by atoms with E-state index in [4.69, 9.17) is 0 Å². The SMILES string of the molecule is CCc1ccc(N2CC(C(=O)N3CCN(CCCOCC(F)(F)F)CC3)CC2=O)cc1. The first-order valence-electron chi connectivity index (χ1n) is 10.8. The number of hydrogen-bond acceptors (Lipinski definition) is 4. The molecule has 2 saturated heterocycles. The van der Waals surface area contributed by atoms with Crippen molar-refractivity contribution in [3.63, 3.8) is 0 Å². The quantitative estimate of drug-likeness (QED) is 0.583. The second-order valence-corrected chi connectivity index (χ2v) is 8.11. The largest absolute Gasteiger partial charge is 0.411 e. The molecule has 1 unspecified atom stereocenters. The minimum atomic E-state index is -4.29. The molecule has 31 heavy (non-hydrogen) atoms. The lowest BCUT2D eigenvalue weighted by molar-refractivity contribution is -0.174. The van der Waals surface area contributed by atoms with Gasteiger partial charge in [0.05, 0.1) is 5.92 Å². The molecule has 0 aromatic heterocycles. The van der Waals surface area contributed by atoms with Crippen molar-refractivity contribution in [2.24, 2.45) is 5.92 Å². The molecular weight excluding hydrogens is 411 g/mol. The Morgan fingerprint density at radius 3 is 2.42 bits per heavy atom. The smallest absolute Gasteiger partial charge is 0.372 e. The number of anilines is 1. The highest BCUT2D eigenvalue weighted by molar-refractivity contribution is 6.00. The Bertz CT molecular complexity index is 747. The van der Waals surface area contributed by atoms with Gasteiger partial charge in [0.2, 0.25) is 11.8 Å². The standard InChI is InChI=1S/C22H30F3N3O3/c1-2-17-4-6-19(7-5-17)28-15-18(14-20(28)29)21(30)27-11-9-26(10-12-27)8-3-13-31-16-22(23,24)25/h4-7,18H,2-3,8-16H2,1H3. The van der Waals surface area contributed by atoms with Crippen LogP contribution < -0.4 is 4.90 Å². The van der Waals surface area contributed by atoms with Crippen LogP contribution in [0, 0.1) is 5.92 Å². The number of halogens is 3. The lowest BCUT2D eigenvalue weighted by atomic mass is 10.1. The number of aryl methyl sites for hydroxylation is 1. The van der Waals surface area contributed by atoms with Gasteiger partial charge in [-0.25, -0.2) is 0 Å². The van der Waals surface area contributed by atoms with Gasteiger partial charge in [-0.05, 0) is 30.5 Å². The normalized spacial score (nSPS) is 20.5. The number of alkyl halides is 3. The summed E-state index contributed by atoms with van der Waals surface area (Å²) in [6.07, 6.45) is -2.61.